The predicted octanol–water partition coefficient (Wildman–Crippen LogP) is 3.41. The van der Waals surface area contributed by atoms with Crippen LogP contribution in [0.4, 0.5) is 5.13 Å². The molecule has 112 valence electrons. The van der Waals surface area contributed by atoms with Crippen LogP contribution in [0.2, 0.25) is 0 Å². The van der Waals surface area contributed by atoms with Crippen molar-refractivity contribution in [3.63, 3.8) is 0 Å². The second kappa shape index (κ2) is 6.83. The van der Waals surface area contributed by atoms with E-state index >= 15 is 0 Å². The van der Waals surface area contributed by atoms with Crippen molar-refractivity contribution in [2.75, 3.05) is 11.9 Å². The average Bonchev–Trinajstić information content (AvgIpc) is 2.80. The van der Waals surface area contributed by atoms with E-state index in [4.69, 9.17) is 5.73 Å². The Bertz CT molecular complexity index is 649. The largest absolute Gasteiger partial charge is 0.330 e. The fourth-order valence-electron chi connectivity index (χ4n) is 2.05. The summed E-state index contributed by atoms with van der Waals surface area (Å²) in [4.78, 5) is 17.4. The number of rotatable bonds is 5. The number of hydrogen-bond donors (Lipinski definition) is 2. The number of carbonyl (C=O) groups is 1. The molecule has 0 aliphatic heterocycles. The minimum Gasteiger partial charge on any atom is -0.330 e. The summed E-state index contributed by atoms with van der Waals surface area (Å²) in [5.41, 5.74) is 9.95. The molecule has 21 heavy (non-hydrogen) atoms. The summed E-state index contributed by atoms with van der Waals surface area (Å²) in [6.45, 7) is 6.74. The van der Waals surface area contributed by atoms with E-state index in [0.717, 1.165) is 16.1 Å². The van der Waals surface area contributed by atoms with Crippen LogP contribution in [-0.4, -0.2) is 17.4 Å². The van der Waals surface area contributed by atoms with Gasteiger partial charge in [0.2, 0.25) is 5.91 Å². The standard InChI is InChI=1S/C16H21N3OS/c1-10-6-7-13(9-11(10)2)15-12(3)21-16(19-15)18-14(20)5-4-8-17/h6-7,9H,4-5,8,17H2,1-3H3,(H,18,19,20). The smallest absolute Gasteiger partial charge is 0.226 e. The maximum Gasteiger partial charge on any atom is 0.226 e. The molecule has 1 amide bonds. The molecule has 0 atom stereocenters. The Labute approximate surface area is 129 Å². The van der Waals surface area contributed by atoms with E-state index in [2.05, 4.69) is 42.3 Å². The van der Waals surface area contributed by atoms with Gasteiger partial charge in [0.05, 0.1) is 5.69 Å². The highest BCUT2D eigenvalue weighted by Gasteiger charge is 2.12. The van der Waals surface area contributed by atoms with Gasteiger partial charge in [0, 0.05) is 16.9 Å². The second-order valence-corrected chi connectivity index (χ2v) is 6.37. The molecule has 0 fully saturated rings. The highest BCUT2D eigenvalue weighted by atomic mass is 32.1. The monoisotopic (exact) mass is 303 g/mol. The molecule has 1 aromatic heterocycles. The number of anilines is 1. The van der Waals surface area contributed by atoms with E-state index in [1.54, 1.807) is 0 Å². The summed E-state index contributed by atoms with van der Waals surface area (Å²) in [5, 5.41) is 3.50. The Morgan fingerprint density at radius 3 is 2.71 bits per heavy atom. The van der Waals surface area contributed by atoms with Crippen molar-refractivity contribution in [1.82, 2.24) is 4.98 Å². The molecule has 0 aliphatic rings. The number of nitrogens with one attached hydrogen (secondary N) is 1. The van der Waals surface area contributed by atoms with Crippen LogP contribution in [0.15, 0.2) is 18.2 Å². The van der Waals surface area contributed by atoms with Crippen molar-refractivity contribution in [1.29, 1.82) is 0 Å². The Morgan fingerprint density at radius 1 is 1.29 bits per heavy atom. The summed E-state index contributed by atoms with van der Waals surface area (Å²) in [5.74, 6) is -0.0270. The Balaban J connectivity index is 2.19. The van der Waals surface area contributed by atoms with Crippen LogP contribution in [0.1, 0.15) is 28.8 Å². The summed E-state index contributed by atoms with van der Waals surface area (Å²) in [7, 11) is 0. The van der Waals surface area contributed by atoms with E-state index in [1.807, 2.05) is 6.92 Å². The van der Waals surface area contributed by atoms with Crippen molar-refractivity contribution < 1.29 is 4.79 Å². The zero-order valence-corrected chi connectivity index (χ0v) is 13.5. The van der Waals surface area contributed by atoms with E-state index in [-0.39, 0.29) is 5.91 Å². The predicted molar refractivity (Wildman–Crippen MR) is 88.7 cm³/mol. The first-order valence-corrected chi connectivity index (χ1v) is 7.88. The number of aromatic nitrogens is 1. The lowest BCUT2D eigenvalue weighted by molar-refractivity contribution is -0.116. The lowest BCUT2D eigenvalue weighted by Gasteiger charge is -2.03. The molecule has 2 aromatic rings. The number of carbonyl (C=O) groups excluding carboxylic acids is 1. The van der Waals surface area contributed by atoms with Crippen LogP contribution in [-0.2, 0) is 4.79 Å². The highest BCUT2D eigenvalue weighted by Crippen LogP contribution is 2.31. The first kappa shape index (κ1) is 15.7. The maximum absolute atomic E-state index is 11.7. The van der Waals surface area contributed by atoms with Gasteiger partial charge >= 0.3 is 0 Å². The van der Waals surface area contributed by atoms with E-state index in [1.165, 1.54) is 22.5 Å². The Kier molecular flexibility index (Phi) is 5.09. The van der Waals surface area contributed by atoms with E-state index in [0.29, 0.717) is 24.5 Å². The van der Waals surface area contributed by atoms with E-state index < -0.39 is 0 Å². The molecule has 2 rings (SSSR count). The van der Waals surface area contributed by atoms with Crippen molar-refractivity contribution in [2.45, 2.75) is 33.6 Å². The number of amides is 1. The van der Waals surface area contributed by atoms with Gasteiger partial charge in [-0.05, 0) is 50.9 Å². The Hall–Kier alpha value is -1.72. The molecule has 0 saturated carbocycles. The molecule has 0 unspecified atom stereocenters. The molecule has 1 heterocycles. The van der Waals surface area contributed by atoms with Gasteiger partial charge in [0.25, 0.3) is 0 Å². The zero-order chi connectivity index (χ0) is 15.4. The zero-order valence-electron chi connectivity index (χ0n) is 12.7. The van der Waals surface area contributed by atoms with Gasteiger partial charge in [0.1, 0.15) is 0 Å². The third-order valence-electron chi connectivity index (χ3n) is 3.43. The van der Waals surface area contributed by atoms with Crippen LogP contribution >= 0.6 is 11.3 Å². The van der Waals surface area contributed by atoms with Gasteiger partial charge in [-0.1, -0.05) is 12.1 Å². The van der Waals surface area contributed by atoms with Gasteiger partial charge in [-0.2, -0.15) is 0 Å². The van der Waals surface area contributed by atoms with Crippen LogP contribution in [0.25, 0.3) is 11.3 Å². The minimum atomic E-state index is -0.0270. The summed E-state index contributed by atoms with van der Waals surface area (Å²) in [6.07, 6.45) is 1.13. The average molecular weight is 303 g/mol. The molecule has 0 bridgehead atoms. The molecule has 0 radical (unpaired) electrons. The van der Waals surface area contributed by atoms with Crippen LogP contribution in [0, 0.1) is 20.8 Å². The van der Waals surface area contributed by atoms with Crippen molar-refractivity contribution in [2.24, 2.45) is 5.73 Å². The van der Waals surface area contributed by atoms with Gasteiger partial charge in [-0.15, -0.1) is 11.3 Å². The fraction of sp³-hybridized carbons (Fsp3) is 0.375. The van der Waals surface area contributed by atoms with E-state index in [9.17, 15) is 4.79 Å². The quantitative estimate of drug-likeness (QED) is 0.889. The summed E-state index contributed by atoms with van der Waals surface area (Å²) in [6, 6.07) is 6.31. The normalized spacial score (nSPS) is 10.7. The van der Waals surface area contributed by atoms with Crippen molar-refractivity contribution in [3.8, 4) is 11.3 Å². The molecule has 4 nitrogen and oxygen atoms in total. The van der Waals surface area contributed by atoms with Crippen molar-refractivity contribution in [3.05, 3.63) is 34.2 Å². The second-order valence-electron chi connectivity index (χ2n) is 5.16. The van der Waals surface area contributed by atoms with Gasteiger partial charge in [-0.3, -0.25) is 4.79 Å². The fourth-order valence-corrected chi connectivity index (χ4v) is 2.90. The molecule has 3 N–H and O–H groups in total. The van der Waals surface area contributed by atoms with Gasteiger partial charge in [-0.25, -0.2) is 4.98 Å². The molecule has 0 aliphatic carbocycles. The molecule has 1 aromatic carbocycles. The van der Waals surface area contributed by atoms with Crippen LogP contribution in [0.5, 0.6) is 0 Å². The molecule has 0 saturated heterocycles. The first-order valence-electron chi connectivity index (χ1n) is 7.06. The minimum absolute atomic E-state index is 0.0270. The molecular weight excluding hydrogens is 282 g/mol. The molecule has 5 heteroatoms. The third-order valence-corrected chi connectivity index (χ3v) is 4.32. The van der Waals surface area contributed by atoms with Crippen LogP contribution in [0.3, 0.4) is 0 Å². The number of hydrogen-bond acceptors (Lipinski definition) is 4. The van der Waals surface area contributed by atoms with Crippen molar-refractivity contribution >= 4 is 22.4 Å². The molecule has 0 spiro atoms. The first-order chi connectivity index (χ1) is 10.0. The third kappa shape index (κ3) is 3.89. The number of aryl methyl sites for hydroxylation is 3. The number of thiazole rings is 1. The molecular formula is C16H21N3OS. The SMILES string of the molecule is Cc1ccc(-c2nc(NC(=O)CCCN)sc2C)cc1C. The summed E-state index contributed by atoms with van der Waals surface area (Å²) < 4.78 is 0. The lowest BCUT2D eigenvalue weighted by atomic mass is 10.0. The highest BCUT2D eigenvalue weighted by molar-refractivity contribution is 7.16. The topological polar surface area (TPSA) is 68.0 Å². The van der Waals surface area contributed by atoms with Gasteiger partial charge < -0.3 is 11.1 Å². The number of nitrogens with two attached hydrogens (primary N) is 1. The number of nitrogens with zero attached hydrogens (tertiary/aromatic N) is 1. The lowest BCUT2D eigenvalue weighted by Crippen LogP contribution is -2.13. The Morgan fingerprint density at radius 2 is 2.05 bits per heavy atom. The number of benzene rings is 1. The van der Waals surface area contributed by atoms with Gasteiger partial charge in [0.15, 0.2) is 5.13 Å². The maximum atomic E-state index is 11.7. The van der Waals surface area contributed by atoms with Crippen LogP contribution < -0.4 is 11.1 Å². The summed E-state index contributed by atoms with van der Waals surface area (Å²) >= 11 is 1.51.